The van der Waals surface area contributed by atoms with Crippen molar-refractivity contribution in [3.05, 3.63) is 53.7 Å². The van der Waals surface area contributed by atoms with E-state index < -0.39 is 5.97 Å². The molecule has 1 aromatic heterocycles. The molecule has 0 radical (unpaired) electrons. The second kappa shape index (κ2) is 6.19. The molecule has 0 saturated carbocycles. The van der Waals surface area contributed by atoms with E-state index in [0.29, 0.717) is 11.6 Å². The highest BCUT2D eigenvalue weighted by Gasteiger charge is 2.24. The minimum atomic E-state index is -1.03. The first-order valence-corrected chi connectivity index (χ1v) is 7.85. The zero-order valence-electron chi connectivity index (χ0n) is 11.7. The van der Waals surface area contributed by atoms with E-state index in [4.69, 9.17) is 5.11 Å². The zero-order valence-corrected chi connectivity index (χ0v) is 12.5. The molecule has 0 aliphatic carbocycles. The fourth-order valence-corrected chi connectivity index (χ4v) is 3.34. The van der Waals surface area contributed by atoms with Crippen LogP contribution in [0.4, 0.5) is 5.69 Å². The fourth-order valence-electron chi connectivity index (χ4n) is 2.47. The smallest absolute Gasteiger partial charge is 0.338 e. The lowest BCUT2D eigenvalue weighted by Gasteiger charge is -2.17. The fraction of sp³-hybridized carbons (Fsp3) is 0.188. The van der Waals surface area contributed by atoms with Crippen molar-refractivity contribution in [3.63, 3.8) is 0 Å². The summed E-state index contributed by atoms with van der Waals surface area (Å²) >= 11 is 1.16. The Morgan fingerprint density at radius 2 is 2.05 bits per heavy atom. The second-order valence-corrected chi connectivity index (χ2v) is 5.84. The number of nitrogens with zero attached hydrogens (tertiary/aromatic N) is 2. The van der Waals surface area contributed by atoms with Crippen molar-refractivity contribution in [2.24, 2.45) is 0 Å². The summed E-state index contributed by atoms with van der Waals surface area (Å²) < 4.78 is 0. The Hall–Kier alpha value is -2.34. The number of thioether (sulfide) groups is 1. The van der Waals surface area contributed by atoms with Gasteiger partial charge in [0.25, 0.3) is 0 Å². The minimum absolute atomic E-state index is 0.0306. The Balaban J connectivity index is 1.71. The molecule has 0 atom stereocenters. The van der Waals surface area contributed by atoms with Crippen LogP contribution in [0.15, 0.2) is 47.6 Å². The van der Waals surface area contributed by atoms with Crippen molar-refractivity contribution in [1.29, 1.82) is 0 Å². The molecular weight excluding hydrogens is 300 g/mol. The van der Waals surface area contributed by atoms with E-state index >= 15 is 0 Å². The lowest BCUT2D eigenvalue weighted by molar-refractivity contribution is -0.116. The van der Waals surface area contributed by atoms with Crippen molar-refractivity contribution >= 4 is 29.3 Å². The van der Waals surface area contributed by atoms with Crippen molar-refractivity contribution in [2.45, 2.75) is 11.4 Å². The van der Waals surface area contributed by atoms with Gasteiger partial charge in [0.15, 0.2) is 0 Å². The normalized spacial score (nSPS) is 13.0. The summed E-state index contributed by atoms with van der Waals surface area (Å²) in [6.07, 6.45) is 2.39. The number of aromatic carboxylic acids is 1. The van der Waals surface area contributed by atoms with Gasteiger partial charge < -0.3 is 10.0 Å². The van der Waals surface area contributed by atoms with Gasteiger partial charge in [0.1, 0.15) is 5.03 Å². The molecule has 1 N–H and O–H groups in total. The number of carboxylic acids is 1. The number of para-hydroxylation sites is 1. The maximum absolute atomic E-state index is 12.4. The largest absolute Gasteiger partial charge is 0.478 e. The van der Waals surface area contributed by atoms with Gasteiger partial charge in [-0.2, -0.15) is 0 Å². The van der Waals surface area contributed by atoms with Crippen molar-refractivity contribution in [3.8, 4) is 0 Å². The average Bonchev–Trinajstić information content (AvgIpc) is 2.97. The van der Waals surface area contributed by atoms with Gasteiger partial charge in [0.05, 0.1) is 11.3 Å². The molecule has 1 amide bonds. The molecule has 2 aromatic rings. The molecule has 0 fully saturated rings. The third-order valence-electron chi connectivity index (χ3n) is 3.52. The van der Waals surface area contributed by atoms with E-state index in [-0.39, 0.29) is 17.2 Å². The molecule has 22 heavy (non-hydrogen) atoms. The number of pyridine rings is 1. The van der Waals surface area contributed by atoms with Crippen LogP contribution in [0.25, 0.3) is 0 Å². The summed E-state index contributed by atoms with van der Waals surface area (Å²) in [7, 11) is 0. The van der Waals surface area contributed by atoms with Gasteiger partial charge in [-0.25, -0.2) is 9.78 Å². The van der Waals surface area contributed by atoms with Crippen molar-refractivity contribution in [1.82, 2.24) is 4.98 Å². The molecule has 1 aliphatic rings. The van der Waals surface area contributed by atoms with Gasteiger partial charge in [-0.05, 0) is 30.2 Å². The highest BCUT2D eigenvalue weighted by molar-refractivity contribution is 8.00. The van der Waals surface area contributed by atoms with E-state index in [9.17, 15) is 9.59 Å². The summed E-state index contributed by atoms with van der Waals surface area (Å²) in [4.78, 5) is 29.3. The predicted octanol–water partition coefficient (Wildman–Crippen LogP) is 2.46. The van der Waals surface area contributed by atoms with Crippen LogP contribution in [-0.4, -0.2) is 34.3 Å². The molecule has 1 aromatic carbocycles. The highest BCUT2D eigenvalue weighted by Crippen LogP contribution is 2.29. The van der Waals surface area contributed by atoms with Crippen molar-refractivity contribution < 1.29 is 14.7 Å². The number of fused-ring (bicyclic) bond motifs is 1. The number of carboxylic acid groups (broad SMARTS) is 1. The van der Waals surface area contributed by atoms with Gasteiger partial charge in [-0.15, -0.1) is 0 Å². The van der Waals surface area contributed by atoms with Crippen LogP contribution in [0.3, 0.4) is 0 Å². The summed E-state index contributed by atoms with van der Waals surface area (Å²) in [5.74, 6) is -0.891. The SMILES string of the molecule is O=C(O)c1cccnc1SCC(=O)N1CCc2ccccc21. The number of carbonyl (C=O) groups excluding carboxylic acids is 1. The number of rotatable bonds is 4. The summed E-state index contributed by atoms with van der Waals surface area (Å²) in [5, 5.41) is 9.50. The molecule has 0 saturated heterocycles. The number of aromatic nitrogens is 1. The minimum Gasteiger partial charge on any atom is -0.478 e. The predicted molar refractivity (Wildman–Crippen MR) is 84.4 cm³/mol. The Morgan fingerprint density at radius 1 is 1.23 bits per heavy atom. The van der Waals surface area contributed by atoms with Crippen LogP contribution < -0.4 is 4.90 Å². The summed E-state index contributed by atoms with van der Waals surface area (Å²) in [6, 6.07) is 10.9. The van der Waals surface area contributed by atoms with Crippen LogP contribution in [-0.2, 0) is 11.2 Å². The molecule has 5 nitrogen and oxygen atoms in total. The van der Waals surface area contributed by atoms with Gasteiger partial charge in [-0.3, -0.25) is 4.79 Å². The first-order chi connectivity index (χ1) is 10.7. The lowest BCUT2D eigenvalue weighted by Crippen LogP contribution is -2.30. The van der Waals surface area contributed by atoms with Crippen LogP contribution in [0.1, 0.15) is 15.9 Å². The van der Waals surface area contributed by atoms with Gasteiger partial charge >= 0.3 is 5.97 Å². The van der Waals surface area contributed by atoms with E-state index in [1.807, 2.05) is 24.3 Å². The molecule has 2 heterocycles. The topological polar surface area (TPSA) is 70.5 Å². The molecule has 0 bridgehead atoms. The van der Waals surface area contributed by atoms with Crippen molar-refractivity contribution in [2.75, 3.05) is 17.2 Å². The Kier molecular flexibility index (Phi) is 4.11. The maximum Gasteiger partial charge on any atom is 0.338 e. The second-order valence-electron chi connectivity index (χ2n) is 4.87. The van der Waals surface area contributed by atoms with Crippen LogP contribution in [0, 0.1) is 0 Å². The Labute approximate surface area is 132 Å². The molecule has 3 rings (SSSR count). The van der Waals surface area contributed by atoms with Crippen LogP contribution >= 0.6 is 11.8 Å². The summed E-state index contributed by atoms with van der Waals surface area (Å²) in [5.41, 5.74) is 2.25. The molecule has 6 heteroatoms. The van der Waals surface area contributed by atoms with Gasteiger partial charge in [0, 0.05) is 18.4 Å². The number of hydrogen-bond acceptors (Lipinski definition) is 4. The van der Waals surface area contributed by atoms with Crippen LogP contribution in [0.2, 0.25) is 0 Å². The third-order valence-corrected chi connectivity index (χ3v) is 4.51. The average molecular weight is 314 g/mol. The maximum atomic E-state index is 12.4. The number of benzene rings is 1. The number of hydrogen-bond donors (Lipinski definition) is 1. The molecule has 1 aliphatic heterocycles. The first-order valence-electron chi connectivity index (χ1n) is 6.86. The van der Waals surface area contributed by atoms with Gasteiger partial charge in [-0.1, -0.05) is 30.0 Å². The van der Waals surface area contributed by atoms with E-state index in [2.05, 4.69) is 4.98 Å². The summed E-state index contributed by atoms with van der Waals surface area (Å²) in [6.45, 7) is 0.673. The quantitative estimate of drug-likeness (QED) is 0.878. The van der Waals surface area contributed by atoms with E-state index in [0.717, 1.165) is 23.9 Å². The zero-order chi connectivity index (χ0) is 15.5. The molecule has 112 valence electrons. The molecule has 0 unspecified atom stereocenters. The third kappa shape index (κ3) is 2.82. The van der Waals surface area contributed by atoms with E-state index in [1.54, 1.807) is 11.0 Å². The first kappa shape index (κ1) is 14.6. The Morgan fingerprint density at radius 3 is 2.86 bits per heavy atom. The van der Waals surface area contributed by atoms with E-state index in [1.165, 1.54) is 17.8 Å². The standard InChI is InChI=1S/C16H14N2O3S/c19-14(18-9-7-11-4-1-2-6-13(11)18)10-22-15-12(16(20)21)5-3-8-17-15/h1-6,8H,7,9-10H2,(H,20,21). The van der Waals surface area contributed by atoms with Gasteiger partial charge in [0.2, 0.25) is 5.91 Å². The monoisotopic (exact) mass is 314 g/mol. The molecule has 0 spiro atoms. The lowest BCUT2D eigenvalue weighted by atomic mass is 10.2. The molecular formula is C16H14N2O3S. The highest BCUT2D eigenvalue weighted by atomic mass is 32.2. The Bertz CT molecular complexity index is 733. The number of amides is 1. The number of anilines is 1. The number of carbonyl (C=O) groups is 2. The van der Waals surface area contributed by atoms with Crippen LogP contribution in [0.5, 0.6) is 0 Å².